The third kappa shape index (κ3) is 5.82. The maximum atomic E-state index is 5.66. The fraction of sp³-hybridized carbons (Fsp3) is 0.571. The molecular weight excluding hydrogens is 214 g/mol. The van der Waals surface area contributed by atoms with Gasteiger partial charge in [0.1, 0.15) is 0 Å². The predicted octanol–water partition coefficient (Wildman–Crippen LogP) is 2.48. The highest BCUT2D eigenvalue weighted by molar-refractivity contribution is 5.26. The van der Waals surface area contributed by atoms with E-state index in [2.05, 4.69) is 13.0 Å². The molecule has 0 spiro atoms. The highest BCUT2D eigenvalue weighted by Crippen LogP contribution is 2.08. The van der Waals surface area contributed by atoms with Crippen LogP contribution in [-0.4, -0.2) is 19.8 Å². The van der Waals surface area contributed by atoms with Crippen LogP contribution in [0, 0.1) is 0 Å². The van der Waals surface area contributed by atoms with Crippen LogP contribution in [0.3, 0.4) is 0 Å². The Morgan fingerprint density at radius 3 is 2.41 bits per heavy atom. The van der Waals surface area contributed by atoms with Crippen molar-refractivity contribution >= 4 is 0 Å². The fourth-order valence-corrected chi connectivity index (χ4v) is 1.55. The van der Waals surface area contributed by atoms with E-state index in [1.165, 1.54) is 12.0 Å². The van der Waals surface area contributed by atoms with Crippen LogP contribution < -0.4 is 5.73 Å². The van der Waals surface area contributed by atoms with Gasteiger partial charge < -0.3 is 15.2 Å². The number of unbranched alkanes of at least 4 members (excludes halogenated alkanes) is 1. The SMILES string of the molecule is CCCCOCCOCc1ccccc1CN. The van der Waals surface area contributed by atoms with E-state index < -0.39 is 0 Å². The smallest absolute Gasteiger partial charge is 0.0721 e. The van der Waals surface area contributed by atoms with Gasteiger partial charge in [-0.3, -0.25) is 0 Å². The van der Waals surface area contributed by atoms with E-state index >= 15 is 0 Å². The molecule has 0 aliphatic rings. The van der Waals surface area contributed by atoms with Gasteiger partial charge in [-0.15, -0.1) is 0 Å². The number of hydrogen-bond acceptors (Lipinski definition) is 3. The van der Waals surface area contributed by atoms with E-state index in [9.17, 15) is 0 Å². The van der Waals surface area contributed by atoms with Crippen molar-refractivity contribution in [1.82, 2.24) is 0 Å². The summed E-state index contributed by atoms with van der Waals surface area (Å²) < 4.78 is 11.0. The molecule has 17 heavy (non-hydrogen) atoms. The van der Waals surface area contributed by atoms with E-state index in [1.54, 1.807) is 0 Å². The molecule has 0 bridgehead atoms. The first-order valence-electron chi connectivity index (χ1n) is 6.30. The summed E-state index contributed by atoms with van der Waals surface area (Å²) in [5, 5.41) is 0. The Bertz CT molecular complexity index is 302. The lowest BCUT2D eigenvalue weighted by molar-refractivity contribution is 0.0394. The van der Waals surface area contributed by atoms with Crippen LogP contribution in [0.5, 0.6) is 0 Å². The monoisotopic (exact) mass is 237 g/mol. The zero-order valence-electron chi connectivity index (χ0n) is 10.7. The lowest BCUT2D eigenvalue weighted by atomic mass is 10.1. The molecule has 2 N–H and O–H groups in total. The van der Waals surface area contributed by atoms with Crippen LogP contribution in [0.4, 0.5) is 0 Å². The van der Waals surface area contributed by atoms with Gasteiger partial charge in [-0.1, -0.05) is 37.6 Å². The minimum Gasteiger partial charge on any atom is -0.379 e. The van der Waals surface area contributed by atoms with Crippen molar-refractivity contribution in [2.45, 2.75) is 32.9 Å². The largest absolute Gasteiger partial charge is 0.379 e. The third-order valence-corrected chi connectivity index (χ3v) is 2.61. The first-order chi connectivity index (χ1) is 8.38. The van der Waals surface area contributed by atoms with Crippen molar-refractivity contribution < 1.29 is 9.47 Å². The average Bonchev–Trinajstić information content (AvgIpc) is 2.38. The molecule has 0 saturated heterocycles. The quantitative estimate of drug-likeness (QED) is 0.671. The molecule has 96 valence electrons. The molecule has 0 aliphatic carbocycles. The van der Waals surface area contributed by atoms with Gasteiger partial charge in [-0.25, -0.2) is 0 Å². The summed E-state index contributed by atoms with van der Waals surface area (Å²) in [7, 11) is 0. The van der Waals surface area contributed by atoms with Gasteiger partial charge in [0.2, 0.25) is 0 Å². The fourth-order valence-electron chi connectivity index (χ4n) is 1.55. The summed E-state index contributed by atoms with van der Waals surface area (Å²) in [6.45, 7) is 5.48. The van der Waals surface area contributed by atoms with Gasteiger partial charge in [0.05, 0.1) is 19.8 Å². The van der Waals surface area contributed by atoms with Crippen molar-refractivity contribution in [1.29, 1.82) is 0 Å². The number of benzene rings is 1. The average molecular weight is 237 g/mol. The molecule has 1 aromatic carbocycles. The molecule has 3 heteroatoms. The molecule has 0 atom stereocenters. The van der Waals surface area contributed by atoms with E-state index in [0.717, 1.165) is 18.6 Å². The summed E-state index contributed by atoms with van der Waals surface area (Å²) in [6.07, 6.45) is 2.29. The number of rotatable bonds is 9. The van der Waals surface area contributed by atoms with E-state index in [0.29, 0.717) is 26.4 Å². The topological polar surface area (TPSA) is 44.5 Å². The van der Waals surface area contributed by atoms with Crippen LogP contribution in [0.25, 0.3) is 0 Å². The minimum absolute atomic E-state index is 0.562. The summed E-state index contributed by atoms with van der Waals surface area (Å²) in [4.78, 5) is 0. The normalized spacial score (nSPS) is 10.7. The Balaban J connectivity index is 2.13. The van der Waals surface area contributed by atoms with Gasteiger partial charge in [0, 0.05) is 13.2 Å². The Morgan fingerprint density at radius 2 is 1.71 bits per heavy atom. The van der Waals surface area contributed by atoms with Crippen molar-refractivity contribution in [3.8, 4) is 0 Å². The van der Waals surface area contributed by atoms with Gasteiger partial charge in [0.25, 0.3) is 0 Å². The second kappa shape index (κ2) is 9.16. The molecule has 0 heterocycles. The standard InChI is InChI=1S/C14H23NO2/c1-2-3-8-16-9-10-17-12-14-7-5-4-6-13(14)11-15/h4-7H,2-3,8-12,15H2,1H3. The minimum atomic E-state index is 0.562. The van der Waals surface area contributed by atoms with Crippen LogP contribution in [0.15, 0.2) is 24.3 Å². The second-order valence-corrected chi connectivity index (χ2v) is 3.99. The van der Waals surface area contributed by atoms with Gasteiger partial charge in [-0.2, -0.15) is 0 Å². The number of nitrogens with two attached hydrogens (primary N) is 1. The highest BCUT2D eigenvalue weighted by Gasteiger charge is 1.99. The third-order valence-electron chi connectivity index (χ3n) is 2.61. The first kappa shape index (κ1) is 14.2. The van der Waals surface area contributed by atoms with Crippen molar-refractivity contribution in [3.63, 3.8) is 0 Å². The number of ether oxygens (including phenoxy) is 2. The summed E-state index contributed by atoms with van der Waals surface area (Å²) in [5.74, 6) is 0. The maximum Gasteiger partial charge on any atom is 0.0721 e. The highest BCUT2D eigenvalue weighted by atomic mass is 16.5. The first-order valence-corrected chi connectivity index (χ1v) is 6.30. The van der Waals surface area contributed by atoms with Crippen LogP contribution in [-0.2, 0) is 22.6 Å². The molecule has 0 amide bonds. The molecule has 0 radical (unpaired) electrons. The molecular formula is C14H23NO2. The Morgan fingerprint density at radius 1 is 1.00 bits per heavy atom. The molecule has 1 rings (SSSR count). The van der Waals surface area contributed by atoms with E-state index in [4.69, 9.17) is 15.2 Å². The molecule has 0 aliphatic heterocycles. The Kier molecular flexibility index (Phi) is 7.63. The summed E-state index contributed by atoms with van der Waals surface area (Å²) >= 11 is 0. The lowest BCUT2D eigenvalue weighted by Crippen LogP contribution is -2.07. The summed E-state index contributed by atoms with van der Waals surface area (Å²) in [5.41, 5.74) is 7.98. The zero-order chi connectivity index (χ0) is 12.3. The van der Waals surface area contributed by atoms with Crippen molar-refractivity contribution in [3.05, 3.63) is 35.4 Å². The molecule has 0 saturated carbocycles. The number of hydrogen-bond donors (Lipinski definition) is 1. The molecule has 1 aromatic rings. The van der Waals surface area contributed by atoms with Gasteiger partial charge in [0.15, 0.2) is 0 Å². The van der Waals surface area contributed by atoms with Crippen molar-refractivity contribution in [2.24, 2.45) is 5.73 Å². The van der Waals surface area contributed by atoms with Gasteiger partial charge in [-0.05, 0) is 17.5 Å². The molecule has 3 nitrogen and oxygen atoms in total. The lowest BCUT2D eigenvalue weighted by Gasteiger charge is -2.08. The molecule has 0 fully saturated rings. The Labute approximate surface area is 104 Å². The molecule has 0 aromatic heterocycles. The Hall–Kier alpha value is -0.900. The summed E-state index contributed by atoms with van der Waals surface area (Å²) in [6, 6.07) is 8.10. The zero-order valence-corrected chi connectivity index (χ0v) is 10.7. The maximum absolute atomic E-state index is 5.66. The van der Waals surface area contributed by atoms with Crippen LogP contribution >= 0.6 is 0 Å². The van der Waals surface area contributed by atoms with Gasteiger partial charge >= 0.3 is 0 Å². The second-order valence-electron chi connectivity index (χ2n) is 3.99. The van der Waals surface area contributed by atoms with E-state index in [1.807, 2.05) is 18.2 Å². The predicted molar refractivity (Wildman–Crippen MR) is 69.7 cm³/mol. The van der Waals surface area contributed by atoms with Crippen LogP contribution in [0.1, 0.15) is 30.9 Å². The van der Waals surface area contributed by atoms with E-state index in [-0.39, 0.29) is 0 Å². The molecule has 0 unspecified atom stereocenters. The van der Waals surface area contributed by atoms with Crippen molar-refractivity contribution in [2.75, 3.05) is 19.8 Å². The van der Waals surface area contributed by atoms with Crippen LogP contribution in [0.2, 0.25) is 0 Å².